The number of aromatic nitrogens is 2. The van der Waals surface area contributed by atoms with E-state index < -0.39 is 39.9 Å². The molecule has 4 aliphatic rings. The standard InChI is InChI=1S/C24H31FN6O4S/c1-14-18(15(2)28(3)26-14)9-29-12-24(13-29)7-17(8-24)30-5-4-16-6-20(32)23(22(25)19(16)10-30)31-11-21(33)27-36(31,34)35/h6,17,32H,4-5,7-13H2,1-3H3,(H,27,33). The third-order valence-corrected chi connectivity index (χ3v) is 9.90. The second-order valence-electron chi connectivity index (χ2n) is 10.9. The molecule has 1 spiro atoms. The fraction of sp³-hybridized carbons (Fsp3) is 0.583. The Balaban J connectivity index is 1.12. The number of amides is 1. The zero-order valence-corrected chi connectivity index (χ0v) is 21.5. The van der Waals surface area contributed by atoms with Crippen molar-refractivity contribution in [2.75, 3.05) is 30.5 Å². The van der Waals surface area contributed by atoms with E-state index in [9.17, 15) is 18.3 Å². The molecule has 10 nitrogen and oxygen atoms in total. The number of phenolic OH excluding ortho intramolecular Hbond substituents is 1. The topological polar surface area (TPSA) is 111 Å². The van der Waals surface area contributed by atoms with Crippen molar-refractivity contribution in [3.63, 3.8) is 0 Å². The summed E-state index contributed by atoms with van der Waals surface area (Å²) >= 11 is 0. The number of aryl methyl sites for hydroxylation is 2. The summed E-state index contributed by atoms with van der Waals surface area (Å²) in [5, 5.41) is 14.9. The third kappa shape index (κ3) is 3.60. The van der Waals surface area contributed by atoms with Crippen LogP contribution in [0.25, 0.3) is 0 Å². The molecule has 1 aliphatic carbocycles. The minimum atomic E-state index is -4.22. The molecule has 36 heavy (non-hydrogen) atoms. The Morgan fingerprint density at radius 3 is 2.58 bits per heavy atom. The number of aromatic hydroxyl groups is 1. The minimum Gasteiger partial charge on any atom is -0.506 e. The van der Waals surface area contributed by atoms with E-state index in [0.29, 0.717) is 39.9 Å². The predicted molar refractivity (Wildman–Crippen MR) is 130 cm³/mol. The molecule has 3 aliphatic heterocycles. The average molecular weight is 519 g/mol. The number of phenols is 1. The quantitative estimate of drug-likeness (QED) is 0.623. The zero-order valence-electron chi connectivity index (χ0n) is 20.7. The van der Waals surface area contributed by atoms with Gasteiger partial charge in [-0.2, -0.15) is 13.5 Å². The first-order valence-electron chi connectivity index (χ1n) is 12.3. The predicted octanol–water partition coefficient (Wildman–Crippen LogP) is 1.09. The number of benzene rings is 1. The van der Waals surface area contributed by atoms with Gasteiger partial charge >= 0.3 is 10.2 Å². The average Bonchev–Trinajstić information content (AvgIpc) is 3.15. The number of carbonyl (C=O) groups is 1. The van der Waals surface area contributed by atoms with Gasteiger partial charge in [-0.15, -0.1) is 0 Å². The smallest absolute Gasteiger partial charge is 0.326 e. The van der Waals surface area contributed by atoms with Crippen molar-refractivity contribution in [3.8, 4) is 5.75 Å². The van der Waals surface area contributed by atoms with Crippen molar-refractivity contribution in [3.05, 3.63) is 40.0 Å². The number of nitrogens with one attached hydrogen (secondary N) is 1. The number of hydrogen-bond acceptors (Lipinski definition) is 7. The van der Waals surface area contributed by atoms with Crippen molar-refractivity contribution in [2.24, 2.45) is 12.5 Å². The number of anilines is 1. The zero-order chi connectivity index (χ0) is 25.6. The van der Waals surface area contributed by atoms with Crippen molar-refractivity contribution in [1.29, 1.82) is 0 Å². The van der Waals surface area contributed by atoms with Crippen LogP contribution in [0.5, 0.6) is 5.75 Å². The Morgan fingerprint density at radius 2 is 1.97 bits per heavy atom. The minimum absolute atomic E-state index is 0.323. The number of nitrogens with zero attached hydrogens (tertiary/aromatic N) is 5. The lowest BCUT2D eigenvalue weighted by Gasteiger charge is -2.61. The van der Waals surface area contributed by atoms with Crippen LogP contribution in [0, 0.1) is 25.1 Å². The molecule has 1 amide bonds. The highest BCUT2D eigenvalue weighted by molar-refractivity contribution is 7.92. The van der Waals surface area contributed by atoms with E-state index in [4.69, 9.17) is 0 Å². The Morgan fingerprint density at radius 1 is 1.25 bits per heavy atom. The van der Waals surface area contributed by atoms with Crippen LogP contribution in [0.1, 0.15) is 40.9 Å². The lowest BCUT2D eigenvalue weighted by Crippen LogP contribution is -2.66. The Hall–Kier alpha value is -2.70. The summed E-state index contributed by atoms with van der Waals surface area (Å²) in [5.41, 5.74) is 4.57. The van der Waals surface area contributed by atoms with Crippen LogP contribution in [-0.2, 0) is 41.6 Å². The van der Waals surface area contributed by atoms with Gasteiger partial charge in [-0.3, -0.25) is 19.3 Å². The van der Waals surface area contributed by atoms with E-state index >= 15 is 4.39 Å². The maximum atomic E-state index is 15.6. The fourth-order valence-electron chi connectivity index (χ4n) is 6.59. The monoisotopic (exact) mass is 518 g/mol. The second-order valence-corrected chi connectivity index (χ2v) is 12.5. The summed E-state index contributed by atoms with van der Waals surface area (Å²) in [6, 6.07) is 1.80. The summed E-state index contributed by atoms with van der Waals surface area (Å²) in [5.74, 6) is -1.98. The molecule has 0 bridgehead atoms. The lowest BCUT2D eigenvalue weighted by atomic mass is 9.60. The molecule has 2 saturated heterocycles. The number of fused-ring (bicyclic) bond motifs is 1. The molecular formula is C24H31FN6O4S. The second kappa shape index (κ2) is 7.90. The van der Waals surface area contributed by atoms with Crippen LogP contribution in [0.3, 0.4) is 0 Å². The van der Waals surface area contributed by atoms with Crippen LogP contribution in [0.15, 0.2) is 6.07 Å². The highest BCUT2D eigenvalue weighted by Crippen LogP contribution is 2.51. The number of likely N-dealkylation sites (tertiary alicyclic amines) is 1. The van der Waals surface area contributed by atoms with Gasteiger partial charge in [0.2, 0.25) is 0 Å². The molecule has 1 saturated carbocycles. The van der Waals surface area contributed by atoms with Gasteiger partial charge in [-0.05, 0) is 50.2 Å². The van der Waals surface area contributed by atoms with Gasteiger partial charge in [0.1, 0.15) is 18.0 Å². The Kier molecular flexibility index (Phi) is 5.20. The van der Waals surface area contributed by atoms with Crippen LogP contribution in [0.2, 0.25) is 0 Å². The highest BCUT2D eigenvalue weighted by atomic mass is 32.2. The molecule has 0 unspecified atom stereocenters. The molecule has 1 aromatic heterocycles. The van der Waals surface area contributed by atoms with Crippen molar-refractivity contribution in [1.82, 2.24) is 24.3 Å². The first-order chi connectivity index (χ1) is 17.0. The highest BCUT2D eigenvalue weighted by Gasteiger charge is 2.54. The maximum absolute atomic E-state index is 15.6. The molecular weight excluding hydrogens is 487 g/mol. The van der Waals surface area contributed by atoms with Gasteiger partial charge in [0.15, 0.2) is 5.82 Å². The van der Waals surface area contributed by atoms with E-state index in [1.54, 1.807) is 0 Å². The lowest BCUT2D eigenvalue weighted by molar-refractivity contribution is -0.117. The first kappa shape index (κ1) is 23.7. The van der Waals surface area contributed by atoms with E-state index in [-0.39, 0.29) is 0 Å². The molecule has 2 N–H and O–H groups in total. The normalized spacial score (nSPS) is 23.4. The summed E-state index contributed by atoms with van der Waals surface area (Å²) in [6.07, 6.45) is 2.71. The molecule has 3 fully saturated rings. The van der Waals surface area contributed by atoms with Gasteiger partial charge in [0.25, 0.3) is 5.91 Å². The molecule has 1 aromatic carbocycles. The Bertz CT molecular complexity index is 1380. The number of hydrogen-bond donors (Lipinski definition) is 2. The largest absolute Gasteiger partial charge is 0.506 e. The Labute approximate surface area is 209 Å². The summed E-state index contributed by atoms with van der Waals surface area (Å²) in [4.78, 5) is 16.4. The van der Waals surface area contributed by atoms with E-state index in [2.05, 4.69) is 28.7 Å². The number of carbonyl (C=O) groups excluding carboxylic acids is 1. The first-order valence-corrected chi connectivity index (χ1v) is 13.7. The molecule has 2 aromatic rings. The van der Waals surface area contributed by atoms with Gasteiger partial charge < -0.3 is 5.11 Å². The van der Waals surface area contributed by atoms with E-state index in [1.165, 1.54) is 17.3 Å². The van der Waals surface area contributed by atoms with Gasteiger partial charge in [0.05, 0.1) is 5.69 Å². The van der Waals surface area contributed by atoms with Gasteiger partial charge in [-0.25, -0.2) is 13.4 Å². The maximum Gasteiger partial charge on any atom is 0.326 e. The van der Waals surface area contributed by atoms with Crippen LogP contribution in [-0.4, -0.2) is 71.2 Å². The molecule has 0 radical (unpaired) electrons. The van der Waals surface area contributed by atoms with Crippen LogP contribution >= 0.6 is 0 Å². The van der Waals surface area contributed by atoms with Crippen molar-refractivity contribution in [2.45, 2.75) is 52.2 Å². The van der Waals surface area contributed by atoms with E-state index in [1.807, 2.05) is 16.5 Å². The third-order valence-electron chi connectivity index (χ3n) is 8.53. The van der Waals surface area contributed by atoms with E-state index in [0.717, 1.165) is 44.7 Å². The molecule has 6 rings (SSSR count). The molecule has 12 heteroatoms. The van der Waals surface area contributed by atoms with Crippen molar-refractivity contribution >= 4 is 21.8 Å². The summed E-state index contributed by atoms with van der Waals surface area (Å²) < 4.78 is 44.5. The SMILES string of the molecule is Cc1nn(C)c(C)c1CN1CC2(CC(N3CCc4cc(O)c(N5CC(=O)NS5(=O)=O)c(F)c4C3)C2)C1. The van der Waals surface area contributed by atoms with Gasteiger partial charge in [-0.1, -0.05) is 0 Å². The van der Waals surface area contributed by atoms with Gasteiger partial charge in [0, 0.05) is 62.6 Å². The summed E-state index contributed by atoms with van der Waals surface area (Å²) in [7, 11) is -2.24. The molecule has 194 valence electrons. The fourth-order valence-corrected chi connectivity index (χ4v) is 7.76. The molecule has 0 atom stereocenters. The summed E-state index contributed by atoms with van der Waals surface area (Å²) in [6.45, 7) is 7.79. The van der Waals surface area contributed by atoms with Crippen LogP contribution < -0.4 is 9.03 Å². The van der Waals surface area contributed by atoms with Crippen molar-refractivity contribution < 1.29 is 22.7 Å². The van der Waals surface area contributed by atoms with Crippen LogP contribution in [0.4, 0.5) is 10.1 Å². The number of rotatable bonds is 4. The number of halogens is 1. The molecule has 4 heterocycles.